The van der Waals surface area contributed by atoms with Crippen molar-refractivity contribution in [3.63, 3.8) is 0 Å². The highest BCUT2D eigenvalue weighted by atomic mass is 32.2. The van der Waals surface area contributed by atoms with Crippen molar-refractivity contribution >= 4 is 21.6 Å². The first-order valence-corrected chi connectivity index (χ1v) is 8.32. The van der Waals surface area contributed by atoms with Crippen LogP contribution in [0.15, 0.2) is 41.3 Å². The fourth-order valence-electron chi connectivity index (χ4n) is 2.26. The van der Waals surface area contributed by atoms with Gasteiger partial charge in [-0.15, -0.1) is 0 Å². The Hall–Kier alpha value is -1.66. The highest BCUT2D eigenvalue weighted by Gasteiger charge is 2.18. The third-order valence-corrected chi connectivity index (χ3v) is 5.27. The molecule has 1 aromatic rings. The van der Waals surface area contributed by atoms with Crippen LogP contribution < -0.4 is 5.32 Å². The van der Waals surface area contributed by atoms with E-state index in [1.807, 2.05) is 0 Å². The maximum atomic E-state index is 12.1. The number of rotatable bonds is 5. The predicted octanol–water partition coefficient (Wildman–Crippen LogP) is 2.23. The molecule has 0 spiro atoms. The molecule has 0 heterocycles. The molecule has 0 aromatic heterocycles. The van der Waals surface area contributed by atoms with E-state index in [9.17, 15) is 13.2 Å². The van der Waals surface area contributed by atoms with Gasteiger partial charge >= 0.3 is 0 Å². The third kappa shape index (κ3) is 3.92. The minimum Gasteiger partial charge on any atom is -0.326 e. The van der Waals surface area contributed by atoms with Crippen LogP contribution >= 0.6 is 0 Å². The van der Waals surface area contributed by atoms with E-state index in [4.69, 9.17) is 0 Å². The minimum absolute atomic E-state index is 0.0917. The molecule has 6 heteroatoms. The molecule has 0 unspecified atom stereocenters. The zero-order chi connectivity index (χ0) is 15.5. The zero-order valence-corrected chi connectivity index (χ0v) is 13.1. The van der Waals surface area contributed by atoms with E-state index in [0.29, 0.717) is 18.0 Å². The van der Waals surface area contributed by atoms with Crippen LogP contribution in [-0.4, -0.2) is 32.7 Å². The van der Waals surface area contributed by atoms with Gasteiger partial charge in [-0.25, -0.2) is 12.7 Å². The van der Waals surface area contributed by atoms with E-state index >= 15 is 0 Å². The molecule has 1 amide bonds. The van der Waals surface area contributed by atoms with Crippen molar-refractivity contribution in [2.75, 3.05) is 19.4 Å². The van der Waals surface area contributed by atoms with Crippen molar-refractivity contribution in [1.82, 2.24) is 4.31 Å². The Morgan fingerprint density at radius 3 is 2.76 bits per heavy atom. The van der Waals surface area contributed by atoms with Gasteiger partial charge in [0.25, 0.3) is 0 Å². The molecule has 0 saturated carbocycles. The summed E-state index contributed by atoms with van der Waals surface area (Å²) in [5.41, 5.74) is 0.505. The molecule has 0 aliphatic heterocycles. The quantitative estimate of drug-likeness (QED) is 0.848. The molecule has 1 aromatic carbocycles. The standard InChI is InChI=1S/C15H20N2O3S/c1-17(2)21(19,20)14-9-5-8-13(11-14)16-15(18)10-12-6-3-4-7-12/h3,5-6,8-9,11-12H,4,7,10H2,1-2H3,(H,16,18)/t12-/m0/s1. The highest BCUT2D eigenvalue weighted by Crippen LogP contribution is 2.22. The second-order valence-electron chi connectivity index (χ2n) is 5.33. The summed E-state index contributed by atoms with van der Waals surface area (Å²) in [5.74, 6) is 0.199. The van der Waals surface area contributed by atoms with Gasteiger partial charge in [0.1, 0.15) is 0 Å². The topological polar surface area (TPSA) is 66.5 Å². The average Bonchev–Trinajstić information content (AvgIpc) is 2.91. The van der Waals surface area contributed by atoms with E-state index in [1.54, 1.807) is 12.1 Å². The summed E-state index contributed by atoms with van der Waals surface area (Å²) in [5, 5.41) is 2.76. The largest absolute Gasteiger partial charge is 0.326 e. The molecule has 0 saturated heterocycles. The normalized spacial score (nSPS) is 18.1. The lowest BCUT2D eigenvalue weighted by Gasteiger charge is -2.13. The summed E-state index contributed by atoms with van der Waals surface area (Å²) in [4.78, 5) is 12.1. The number of nitrogens with one attached hydrogen (secondary N) is 1. The van der Waals surface area contributed by atoms with Gasteiger partial charge in [-0.2, -0.15) is 0 Å². The van der Waals surface area contributed by atoms with Crippen molar-refractivity contribution < 1.29 is 13.2 Å². The predicted molar refractivity (Wildman–Crippen MR) is 82.4 cm³/mol. The minimum atomic E-state index is -3.49. The molecule has 0 bridgehead atoms. The van der Waals surface area contributed by atoms with Crippen molar-refractivity contribution in [2.45, 2.75) is 24.2 Å². The Labute approximate surface area is 125 Å². The van der Waals surface area contributed by atoms with Crippen LogP contribution in [0.1, 0.15) is 19.3 Å². The Balaban J connectivity index is 2.07. The number of anilines is 1. The Kier molecular flexibility index (Phi) is 4.80. The van der Waals surface area contributed by atoms with Crippen molar-refractivity contribution in [3.05, 3.63) is 36.4 Å². The van der Waals surface area contributed by atoms with E-state index in [-0.39, 0.29) is 10.8 Å². The molecule has 1 aliphatic rings. The van der Waals surface area contributed by atoms with Crippen molar-refractivity contribution in [2.24, 2.45) is 5.92 Å². The summed E-state index contributed by atoms with van der Waals surface area (Å²) >= 11 is 0. The summed E-state index contributed by atoms with van der Waals surface area (Å²) in [6, 6.07) is 6.32. The first-order valence-electron chi connectivity index (χ1n) is 6.88. The van der Waals surface area contributed by atoms with Crippen LogP contribution in [0, 0.1) is 5.92 Å². The average molecular weight is 308 g/mol. The number of allylic oxidation sites excluding steroid dienone is 2. The van der Waals surface area contributed by atoms with Gasteiger partial charge in [-0.1, -0.05) is 18.2 Å². The number of hydrogen-bond acceptors (Lipinski definition) is 3. The number of sulfonamides is 1. The van der Waals surface area contributed by atoms with Gasteiger partial charge in [-0.05, 0) is 37.0 Å². The van der Waals surface area contributed by atoms with Crippen LogP contribution in [-0.2, 0) is 14.8 Å². The van der Waals surface area contributed by atoms with Gasteiger partial charge in [0, 0.05) is 26.2 Å². The SMILES string of the molecule is CN(C)S(=O)(=O)c1cccc(NC(=O)C[C@H]2C=CCC2)c1. The Morgan fingerprint density at radius 2 is 2.14 bits per heavy atom. The summed E-state index contributed by atoms with van der Waals surface area (Å²) in [6.45, 7) is 0. The zero-order valence-electron chi connectivity index (χ0n) is 12.2. The summed E-state index contributed by atoms with van der Waals surface area (Å²) < 4.78 is 25.3. The molecular formula is C15H20N2O3S. The monoisotopic (exact) mass is 308 g/mol. The first-order chi connectivity index (χ1) is 9.89. The maximum absolute atomic E-state index is 12.1. The molecule has 21 heavy (non-hydrogen) atoms. The molecule has 114 valence electrons. The van der Waals surface area contributed by atoms with Crippen LogP contribution in [0.3, 0.4) is 0 Å². The Bertz CT molecular complexity index is 651. The lowest BCUT2D eigenvalue weighted by atomic mass is 10.1. The third-order valence-electron chi connectivity index (χ3n) is 3.46. The van der Waals surface area contributed by atoms with Crippen LogP contribution in [0.4, 0.5) is 5.69 Å². The van der Waals surface area contributed by atoms with Gasteiger partial charge in [0.2, 0.25) is 15.9 Å². The van der Waals surface area contributed by atoms with Gasteiger partial charge < -0.3 is 5.32 Å². The number of amides is 1. The second kappa shape index (κ2) is 6.41. The van der Waals surface area contributed by atoms with Crippen molar-refractivity contribution in [3.8, 4) is 0 Å². The van der Waals surface area contributed by atoms with Crippen molar-refractivity contribution in [1.29, 1.82) is 0 Å². The molecule has 0 fully saturated rings. The smallest absolute Gasteiger partial charge is 0.242 e. The van der Waals surface area contributed by atoms with Gasteiger partial charge in [-0.3, -0.25) is 4.79 Å². The summed E-state index contributed by atoms with van der Waals surface area (Å²) in [6.07, 6.45) is 6.60. The maximum Gasteiger partial charge on any atom is 0.242 e. The molecule has 2 rings (SSSR count). The number of carbonyl (C=O) groups excluding carboxylic acids is 1. The van der Waals surface area contributed by atoms with Crippen LogP contribution in [0.5, 0.6) is 0 Å². The molecule has 1 N–H and O–H groups in total. The first kappa shape index (κ1) is 15.7. The molecular weight excluding hydrogens is 288 g/mol. The number of hydrogen-bond donors (Lipinski definition) is 1. The lowest BCUT2D eigenvalue weighted by molar-refractivity contribution is -0.116. The molecule has 1 atom stereocenters. The Morgan fingerprint density at radius 1 is 1.38 bits per heavy atom. The molecule has 0 radical (unpaired) electrons. The van der Waals surface area contributed by atoms with Crippen LogP contribution in [0.2, 0.25) is 0 Å². The number of benzene rings is 1. The molecule has 5 nitrogen and oxygen atoms in total. The van der Waals surface area contributed by atoms with E-state index in [0.717, 1.165) is 17.1 Å². The highest BCUT2D eigenvalue weighted by molar-refractivity contribution is 7.89. The number of carbonyl (C=O) groups is 1. The van der Waals surface area contributed by atoms with Crippen LogP contribution in [0.25, 0.3) is 0 Å². The van der Waals surface area contributed by atoms with E-state index in [2.05, 4.69) is 17.5 Å². The molecule has 1 aliphatic carbocycles. The fraction of sp³-hybridized carbons (Fsp3) is 0.400. The fourth-order valence-corrected chi connectivity index (χ4v) is 3.21. The van der Waals surface area contributed by atoms with Gasteiger partial charge in [0.15, 0.2) is 0 Å². The lowest BCUT2D eigenvalue weighted by Crippen LogP contribution is -2.22. The summed E-state index contributed by atoms with van der Waals surface area (Å²) in [7, 11) is -0.528. The van der Waals surface area contributed by atoms with E-state index in [1.165, 1.54) is 26.2 Å². The number of nitrogens with zero attached hydrogens (tertiary/aromatic N) is 1. The second-order valence-corrected chi connectivity index (χ2v) is 7.48. The van der Waals surface area contributed by atoms with E-state index < -0.39 is 10.0 Å². The van der Waals surface area contributed by atoms with Gasteiger partial charge in [0.05, 0.1) is 4.90 Å².